The maximum absolute atomic E-state index is 5.37. The van der Waals surface area contributed by atoms with Crippen molar-refractivity contribution in [1.29, 1.82) is 0 Å². The fourth-order valence-corrected chi connectivity index (χ4v) is 1.06. The fourth-order valence-electron chi connectivity index (χ4n) is 1.06. The number of rotatable bonds is 10. The molecule has 0 heterocycles. The molecule has 0 saturated heterocycles. The van der Waals surface area contributed by atoms with E-state index in [0.717, 1.165) is 0 Å². The lowest BCUT2D eigenvalue weighted by atomic mass is 10.5. The van der Waals surface area contributed by atoms with Gasteiger partial charge in [-0.1, -0.05) is 6.58 Å². The predicted molar refractivity (Wildman–Crippen MR) is 54.8 cm³/mol. The van der Waals surface area contributed by atoms with E-state index in [-0.39, 0.29) is 6.61 Å². The summed E-state index contributed by atoms with van der Waals surface area (Å²) in [6, 6.07) is 0. The normalized spacial score (nSPS) is 11.4. The van der Waals surface area contributed by atoms with Gasteiger partial charge in [-0.25, -0.2) is 0 Å². The Bertz CT molecular complexity index is 143. The Balaban J connectivity index is 4.24. The second-order valence-electron chi connectivity index (χ2n) is 2.51. The van der Waals surface area contributed by atoms with Gasteiger partial charge in [-0.15, -0.1) is 0 Å². The van der Waals surface area contributed by atoms with E-state index >= 15 is 0 Å². The highest BCUT2D eigenvalue weighted by molar-refractivity contribution is 4.55. The monoisotopic (exact) mass is 220 g/mol. The molecule has 0 unspecified atom stereocenters. The molecule has 0 amide bonds. The van der Waals surface area contributed by atoms with Crippen LogP contribution in [0.3, 0.4) is 0 Å². The quantitative estimate of drug-likeness (QED) is 0.185. The Kier molecular flexibility index (Phi) is 8.31. The Hall–Kier alpha value is -0.620. The Morgan fingerprint density at radius 2 is 1.47 bits per heavy atom. The maximum Gasteiger partial charge on any atom is 0.312 e. The van der Waals surface area contributed by atoms with E-state index in [1.165, 1.54) is 6.26 Å². The van der Waals surface area contributed by atoms with E-state index in [9.17, 15) is 0 Å². The first kappa shape index (κ1) is 14.4. The number of hydrogen-bond acceptors (Lipinski definition) is 5. The zero-order valence-electron chi connectivity index (χ0n) is 9.65. The zero-order valence-corrected chi connectivity index (χ0v) is 9.65. The minimum Gasteiger partial charge on any atom is -0.346 e. The first-order chi connectivity index (χ1) is 7.24. The summed E-state index contributed by atoms with van der Waals surface area (Å²) >= 11 is 0. The van der Waals surface area contributed by atoms with Crippen LogP contribution >= 0.6 is 0 Å². The van der Waals surface area contributed by atoms with Crippen molar-refractivity contribution in [2.75, 3.05) is 26.4 Å². The molecule has 0 aromatic carbocycles. The minimum atomic E-state index is -1.19. The van der Waals surface area contributed by atoms with Gasteiger partial charge in [-0.2, -0.15) is 4.89 Å². The second-order valence-corrected chi connectivity index (χ2v) is 2.51. The molecule has 0 aliphatic carbocycles. The van der Waals surface area contributed by atoms with E-state index in [0.29, 0.717) is 19.8 Å². The van der Waals surface area contributed by atoms with Crippen molar-refractivity contribution < 1.29 is 24.0 Å². The number of hydrogen-bond donors (Lipinski definition) is 0. The van der Waals surface area contributed by atoms with E-state index in [2.05, 4.69) is 11.5 Å². The summed E-state index contributed by atoms with van der Waals surface area (Å²) < 4.78 is 16.1. The van der Waals surface area contributed by atoms with Gasteiger partial charge in [0.25, 0.3) is 0 Å². The molecule has 15 heavy (non-hydrogen) atoms. The Morgan fingerprint density at radius 1 is 1.00 bits per heavy atom. The van der Waals surface area contributed by atoms with Gasteiger partial charge in [0.1, 0.15) is 6.26 Å². The molecule has 0 spiro atoms. The van der Waals surface area contributed by atoms with Crippen molar-refractivity contribution in [3.63, 3.8) is 0 Å². The van der Waals surface area contributed by atoms with Crippen LogP contribution in [0.5, 0.6) is 0 Å². The Morgan fingerprint density at radius 3 is 1.80 bits per heavy atom. The molecule has 0 saturated carbocycles. The van der Waals surface area contributed by atoms with Crippen LogP contribution in [0.25, 0.3) is 0 Å². The van der Waals surface area contributed by atoms with Crippen LogP contribution in [0.2, 0.25) is 0 Å². The maximum atomic E-state index is 5.37. The molecule has 0 aliphatic rings. The van der Waals surface area contributed by atoms with Gasteiger partial charge in [-0.3, -0.25) is 0 Å². The highest BCUT2D eigenvalue weighted by atomic mass is 17.2. The molecule has 0 rings (SSSR count). The van der Waals surface area contributed by atoms with Gasteiger partial charge >= 0.3 is 5.97 Å². The highest BCUT2D eigenvalue weighted by Crippen LogP contribution is 2.16. The summed E-state index contributed by atoms with van der Waals surface area (Å²) in [6.45, 7) is 10.3. The third kappa shape index (κ3) is 5.74. The summed E-state index contributed by atoms with van der Waals surface area (Å²) in [4.78, 5) is 9.36. The summed E-state index contributed by atoms with van der Waals surface area (Å²) in [5, 5.41) is 0. The van der Waals surface area contributed by atoms with E-state index in [4.69, 9.17) is 19.1 Å². The fraction of sp³-hybridized carbons (Fsp3) is 0.800. The standard InChI is InChI=1S/C10H20O5/c1-5-11-10(12-6-2,13-7-3)9-15-14-8-4/h8H,4-7,9H2,1-3H3. The van der Waals surface area contributed by atoms with Gasteiger partial charge < -0.3 is 19.1 Å². The van der Waals surface area contributed by atoms with Crippen molar-refractivity contribution in [2.45, 2.75) is 26.7 Å². The first-order valence-electron chi connectivity index (χ1n) is 5.05. The molecule has 5 nitrogen and oxygen atoms in total. The van der Waals surface area contributed by atoms with Crippen molar-refractivity contribution in [2.24, 2.45) is 0 Å². The molecule has 0 N–H and O–H groups in total. The molecule has 5 heteroatoms. The van der Waals surface area contributed by atoms with Crippen LogP contribution in [0.1, 0.15) is 20.8 Å². The van der Waals surface area contributed by atoms with Gasteiger partial charge in [0.15, 0.2) is 6.61 Å². The molecule has 0 atom stereocenters. The SMILES string of the molecule is C=COOCC(OCC)(OCC)OCC. The van der Waals surface area contributed by atoms with E-state index in [1.54, 1.807) is 0 Å². The molecule has 0 aromatic rings. The van der Waals surface area contributed by atoms with Crippen molar-refractivity contribution in [3.05, 3.63) is 12.8 Å². The second kappa shape index (κ2) is 8.67. The van der Waals surface area contributed by atoms with Crippen LogP contribution in [0.4, 0.5) is 0 Å². The molecular weight excluding hydrogens is 200 g/mol. The smallest absolute Gasteiger partial charge is 0.312 e. The number of ether oxygens (including phenoxy) is 3. The van der Waals surface area contributed by atoms with Crippen LogP contribution in [0, 0.1) is 0 Å². The summed E-state index contributed by atoms with van der Waals surface area (Å²) in [5.74, 6) is -1.19. The molecule has 0 bridgehead atoms. The average Bonchev–Trinajstić information content (AvgIpc) is 2.19. The average molecular weight is 220 g/mol. The molecule has 0 fully saturated rings. The predicted octanol–water partition coefficient (Wildman–Crippen LogP) is 1.84. The Labute approximate surface area is 90.8 Å². The van der Waals surface area contributed by atoms with Crippen LogP contribution < -0.4 is 0 Å². The molecule has 0 aliphatic heterocycles. The lowest BCUT2D eigenvalue weighted by Crippen LogP contribution is -2.44. The zero-order chi connectivity index (χ0) is 11.6. The third-order valence-electron chi connectivity index (χ3n) is 1.46. The lowest BCUT2D eigenvalue weighted by Gasteiger charge is -2.30. The lowest BCUT2D eigenvalue weighted by molar-refractivity contribution is -0.424. The van der Waals surface area contributed by atoms with Crippen LogP contribution in [-0.2, 0) is 24.0 Å². The molecule has 0 radical (unpaired) electrons. The van der Waals surface area contributed by atoms with Crippen molar-refractivity contribution in [3.8, 4) is 0 Å². The van der Waals surface area contributed by atoms with Crippen molar-refractivity contribution in [1.82, 2.24) is 0 Å². The minimum absolute atomic E-state index is 0.0224. The van der Waals surface area contributed by atoms with Crippen LogP contribution in [-0.4, -0.2) is 32.4 Å². The van der Waals surface area contributed by atoms with Gasteiger partial charge in [0.05, 0.1) is 0 Å². The summed E-state index contributed by atoms with van der Waals surface area (Å²) in [7, 11) is 0. The van der Waals surface area contributed by atoms with Gasteiger partial charge in [0, 0.05) is 19.8 Å². The van der Waals surface area contributed by atoms with Crippen LogP contribution in [0.15, 0.2) is 12.8 Å². The molecular formula is C10H20O5. The van der Waals surface area contributed by atoms with Crippen molar-refractivity contribution >= 4 is 0 Å². The van der Waals surface area contributed by atoms with E-state index in [1.807, 2.05) is 20.8 Å². The third-order valence-corrected chi connectivity index (χ3v) is 1.46. The van der Waals surface area contributed by atoms with E-state index < -0.39 is 5.97 Å². The summed E-state index contributed by atoms with van der Waals surface area (Å²) in [5.41, 5.74) is 0. The van der Waals surface area contributed by atoms with Gasteiger partial charge in [-0.05, 0) is 20.8 Å². The largest absolute Gasteiger partial charge is 0.346 e. The topological polar surface area (TPSA) is 46.2 Å². The summed E-state index contributed by atoms with van der Waals surface area (Å²) in [6.07, 6.45) is 1.18. The highest BCUT2D eigenvalue weighted by Gasteiger charge is 2.34. The molecule has 90 valence electrons. The van der Waals surface area contributed by atoms with Gasteiger partial charge in [0.2, 0.25) is 0 Å². The molecule has 0 aromatic heterocycles. The first-order valence-corrected chi connectivity index (χ1v) is 5.05.